The highest BCUT2D eigenvalue weighted by atomic mass is 16.4. The van der Waals surface area contributed by atoms with Gasteiger partial charge < -0.3 is 10.3 Å². The van der Waals surface area contributed by atoms with Gasteiger partial charge in [-0.25, -0.2) is 4.79 Å². The second-order valence-corrected chi connectivity index (χ2v) is 1.93. The molecule has 5 nitrogen and oxygen atoms in total. The average Bonchev–Trinajstić information content (AvgIpc) is 1.88. The van der Waals surface area contributed by atoms with Crippen LogP contribution in [0.3, 0.4) is 0 Å². The predicted octanol–water partition coefficient (Wildman–Crippen LogP) is 0.270. The highest BCUT2D eigenvalue weighted by Crippen LogP contribution is 1.92. The molecule has 0 unspecified atom stereocenters. The largest absolute Gasteiger partial charge is 0.476 e. The third-order valence-electron chi connectivity index (χ3n) is 1.04. The molecule has 11 heavy (non-hydrogen) atoms. The first-order chi connectivity index (χ1) is 5.13. The van der Waals surface area contributed by atoms with Gasteiger partial charge in [0, 0.05) is 6.42 Å². The molecule has 0 aromatic carbocycles. The number of nitrogens with zero attached hydrogens (tertiary/aromatic N) is 1. The SMILES string of the molecule is CCCC(=O)/C(=N/O)C(=O)O. The van der Waals surface area contributed by atoms with Crippen LogP contribution in [0.15, 0.2) is 5.16 Å². The zero-order chi connectivity index (χ0) is 8.85. The number of Topliss-reactive ketones (excluding diaryl/α,β-unsaturated/α-hetero) is 1. The highest BCUT2D eigenvalue weighted by molar-refractivity contribution is 6.63. The van der Waals surface area contributed by atoms with E-state index in [1.54, 1.807) is 6.92 Å². The minimum absolute atomic E-state index is 0.0890. The molecule has 62 valence electrons. The highest BCUT2D eigenvalue weighted by Gasteiger charge is 2.18. The smallest absolute Gasteiger partial charge is 0.361 e. The molecule has 0 rings (SSSR count). The minimum atomic E-state index is -1.49. The van der Waals surface area contributed by atoms with Gasteiger partial charge in [0.1, 0.15) is 0 Å². The summed E-state index contributed by atoms with van der Waals surface area (Å²) in [4.78, 5) is 20.9. The van der Waals surface area contributed by atoms with E-state index in [0.717, 1.165) is 0 Å². The summed E-state index contributed by atoms with van der Waals surface area (Å²) in [5.41, 5.74) is -0.799. The lowest BCUT2D eigenvalue weighted by atomic mass is 10.1. The van der Waals surface area contributed by atoms with E-state index < -0.39 is 17.5 Å². The predicted molar refractivity (Wildman–Crippen MR) is 36.8 cm³/mol. The van der Waals surface area contributed by atoms with Gasteiger partial charge in [-0.2, -0.15) is 0 Å². The molecule has 0 bridgehead atoms. The molecule has 0 saturated heterocycles. The fraction of sp³-hybridized carbons (Fsp3) is 0.500. The molecule has 0 aliphatic rings. The van der Waals surface area contributed by atoms with Crippen LogP contribution in [0.5, 0.6) is 0 Å². The molecule has 5 heteroatoms. The lowest BCUT2D eigenvalue weighted by Crippen LogP contribution is -2.23. The zero-order valence-corrected chi connectivity index (χ0v) is 6.07. The van der Waals surface area contributed by atoms with Crippen LogP contribution in [-0.2, 0) is 9.59 Å². The summed E-state index contributed by atoms with van der Waals surface area (Å²) in [5.74, 6) is -2.14. The molecular formula is C6H9NO4. The Kier molecular flexibility index (Phi) is 3.87. The molecule has 0 fully saturated rings. The van der Waals surface area contributed by atoms with E-state index in [2.05, 4.69) is 5.16 Å². The molecule has 0 heterocycles. The van der Waals surface area contributed by atoms with Crippen molar-refractivity contribution < 1.29 is 19.9 Å². The molecule has 0 spiro atoms. The molecular weight excluding hydrogens is 150 g/mol. The fourth-order valence-corrected chi connectivity index (χ4v) is 0.563. The van der Waals surface area contributed by atoms with Gasteiger partial charge in [-0.3, -0.25) is 4.79 Å². The maximum absolute atomic E-state index is 10.7. The molecule has 0 aromatic heterocycles. The van der Waals surface area contributed by atoms with Crippen LogP contribution in [0, 0.1) is 0 Å². The first-order valence-corrected chi connectivity index (χ1v) is 3.12. The van der Waals surface area contributed by atoms with Crippen molar-refractivity contribution in [3.8, 4) is 0 Å². The summed E-state index contributed by atoms with van der Waals surface area (Å²) in [6.45, 7) is 1.73. The number of carbonyl (C=O) groups is 2. The Labute approximate surface area is 63.3 Å². The summed E-state index contributed by atoms with van der Waals surface area (Å²) in [6, 6.07) is 0. The first-order valence-electron chi connectivity index (χ1n) is 3.12. The number of rotatable bonds is 4. The van der Waals surface area contributed by atoms with Crippen LogP contribution in [0.2, 0.25) is 0 Å². The molecule has 0 aliphatic carbocycles. The van der Waals surface area contributed by atoms with Crippen molar-refractivity contribution in [1.82, 2.24) is 0 Å². The first kappa shape index (κ1) is 9.61. The van der Waals surface area contributed by atoms with E-state index in [9.17, 15) is 9.59 Å². The van der Waals surface area contributed by atoms with Gasteiger partial charge in [0.25, 0.3) is 0 Å². The third-order valence-corrected chi connectivity index (χ3v) is 1.04. The van der Waals surface area contributed by atoms with Gasteiger partial charge in [0.2, 0.25) is 5.71 Å². The van der Waals surface area contributed by atoms with Gasteiger partial charge in [0.05, 0.1) is 0 Å². The number of hydrogen-bond donors (Lipinski definition) is 2. The van der Waals surface area contributed by atoms with Gasteiger partial charge in [-0.05, 0) is 6.42 Å². The van der Waals surface area contributed by atoms with Crippen molar-refractivity contribution in [3.63, 3.8) is 0 Å². The Hall–Kier alpha value is -1.39. The van der Waals surface area contributed by atoms with E-state index >= 15 is 0 Å². The Bertz CT molecular complexity index is 197. The molecule has 2 N–H and O–H groups in total. The van der Waals surface area contributed by atoms with Crippen molar-refractivity contribution in [2.75, 3.05) is 0 Å². The number of oxime groups is 1. The fourth-order valence-electron chi connectivity index (χ4n) is 0.563. The quantitative estimate of drug-likeness (QED) is 0.267. The van der Waals surface area contributed by atoms with Crippen molar-refractivity contribution >= 4 is 17.5 Å². The Morgan fingerprint density at radius 1 is 1.45 bits per heavy atom. The van der Waals surface area contributed by atoms with Crippen molar-refractivity contribution in [3.05, 3.63) is 0 Å². The van der Waals surface area contributed by atoms with Crippen LogP contribution in [0.1, 0.15) is 19.8 Å². The van der Waals surface area contributed by atoms with E-state index in [-0.39, 0.29) is 6.42 Å². The lowest BCUT2D eigenvalue weighted by Gasteiger charge is -1.94. The van der Waals surface area contributed by atoms with Crippen molar-refractivity contribution in [2.24, 2.45) is 5.16 Å². The Balaban J connectivity index is 4.29. The van der Waals surface area contributed by atoms with Crippen LogP contribution in [-0.4, -0.2) is 27.8 Å². The van der Waals surface area contributed by atoms with Crippen LogP contribution in [0.4, 0.5) is 0 Å². The number of carboxylic acids is 1. The van der Waals surface area contributed by atoms with Gasteiger partial charge in [-0.15, -0.1) is 0 Å². The monoisotopic (exact) mass is 159 g/mol. The average molecular weight is 159 g/mol. The topological polar surface area (TPSA) is 87.0 Å². The lowest BCUT2D eigenvalue weighted by molar-refractivity contribution is -0.130. The third kappa shape index (κ3) is 2.79. The van der Waals surface area contributed by atoms with E-state index in [4.69, 9.17) is 10.3 Å². The maximum atomic E-state index is 10.7. The molecule has 0 amide bonds. The number of aliphatic carboxylic acids is 1. The number of ketones is 1. The van der Waals surface area contributed by atoms with Crippen molar-refractivity contribution in [1.29, 1.82) is 0 Å². The summed E-state index contributed by atoms with van der Waals surface area (Å²) in [7, 11) is 0. The van der Waals surface area contributed by atoms with E-state index in [0.29, 0.717) is 6.42 Å². The van der Waals surface area contributed by atoms with E-state index in [1.165, 1.54) is 0 Å². The van der Waals surface area contributed by atoms with Gasteiger partial charge in [-0.1, -0.05) is 12.1 Å². The maximum Gasteiger partial charge on any atom is 0.361 e. The second-order valence-electron chi connectivity index (χ2n) is 1.93. The van der Waals surface area contributed by atoms with Gasteiger partial charge in [0.15, 0.2) is 5.78 Å². The number of hydrogen-bond acceptors (Lipinski definition) is 4. The second kappa shape index (κ2) is 4.43. The summed E-state index contributed by atoms with van der Waals surface area (Å²) >= 11 is 0. The Morgan fingerprint density at radius 2 is 2.00 bits per heavy atom. The standard InChI is InChI=1S/C6H9NO4/c1-2-3-4(8)5(7-11)6(9)10/h11H,2-3H2,1H3,(H,9,10)/b7-5-. The summed E-state index contributed by atoms with van der Waals surface area (Å²) < 4.78 is 0. The zero-order valence-electron chi connectivity index (χ0n) is 6.07. The summed E-state index contributed by atoms with van der Waals surface area (Å²) in [6.07, 6.45) is 0.622. The molecule has 0 saturated carbocycles. The number of carbonyl (C=O) groups excluding carboxylic acids is 1. The van der Waals surface area contributed by atoms with Crippen LogP contribution < -0.4 is 0 Å². The summed E-state index contributed by atoms with van der Waals surface area (Å²) in [5, 5.41) is 18.7. The Morgan fingerprint density at radius 3 is 2.27 bits per heavy atom. The minimum Gasteiger partial charge on any atom is -0.476 e. The molecule has 0 aromatic rings. The normalized spacial score (nSPS) is 11.2. The van der Waals surface area contributed by atoms with E-state index in [1.807, 2.05) is 0 Å². The molecule has 0 atom stereocenters. The van der Waals surface area contributed by atoms with Gasteiger partial charge >= 0.3 is 5.97 Å². The van der Waals surface area contributed by atoms with Crippen molar-refractivity contribution in [2.45, 2.75) is 19.8 Å². The number of carboxylic acid groups (broad SMARTS) is 1. The molecule has 0 radical (unpaired) electrons. The van der Waals surface area contributed by atoms with Crippen LogP contribution >= 0.6 is 0 Å². The molecule has 0 aliphatic heterocycles. The van der Waals surface area contributed by atoms with Crippen LogP contribution in [0.25, 0.3) is 0 Å².